The van der Waals surface area contributed by atoms with Gasteiger partial charge in [0.25, 0.3) is 0 Å². The number of benzene rings is 1. The number of nitrogens with one attached hydrogen (secondary N) is 2. The normalized spacial score (nSPS) is 10.9. The number of halogens is 1. The first-order valence-corrected chi connectivity index (χ1v) is 7.84. The SMILES string of the molecule is CN=C(NCCc1ccco1)NCc1ccc(N(C)C)cc1C.I. The Labute approximate surface area is 161 Å². The summed E-state index contributed by atoms with van der Waals surface area (Å²) in [4.78, 5) is 6.36. The van der Waals surface area contributed by atoms with Crippen LogP contribution < -0.4 is 15.5 Å². The van der Waals surface area contributed by atoms with E-state index < -0.39 is 0 Å². The Morgan fingerprint density at radius 1 is 1.21 bits per heavy atom. The van der Waals surface area contributed by atoms with Crippen molar-refractivity contribution in [3.8, 4) is 0 Å². The van der Waals surface area contributed by atoms with E-state index in [4.69, 9.17) is 4.42 Å². The summed E-state index contributed by atoms with van der Waals surface area (Å²) in [6, 6.07) is 10.4. The number of anilines is 1. The fraction of sp³-hybridized carbons (Fsp3) is 0.389. The van der Waals surface area contributed by atoms with Crippen LogP contribution in [-0.4, -0.2) is 33.6 Å². The lowest BCUT2D eigenvalue weighted by molar-refractivity contribution is 0.507. The van der Waals surface area contributed by atoms with Gasteiger partial charge >= 0.3 is 0 Å². The standard InChI is InChI=1S/C18H26N4O.HI/c1-14-12-16(22(3)4)8-7-15(14)13-21-18(19-2)20-10-9-17-6-5-11-23-17;/h5-8,11-12H,9-10,13H2,1-4H3,(H2,19,20,21);1H. The minimum absolute atomic E-state index is 0. The molecule has 132 valence electrons. The van der Waals surface area contributed by atoms with E-state index in [1.165, 1.54) is 16.8 Å². The fourth-order valence-electron chi connectivity index (χ4n) is 2.32. The van der Waals surface area contributed by atoms with Crippen LogP contribution >= 0.6 is 24.0 Å². The number of guanidine groups is 1. The molecule has 1 aromatic heterocycles. The molecule has 0 bridgehead atoms. The Morgan fingerprint density at radius 3 is 2.58 bits per heavy atom. The Balaban J connectivity index is 0.00000288. The molecule has 5 nitrogen and oxygen atoms in total. The lowest BCUT2D eigenvalue weighted by atomic mass is 10.1. The molecule has 0 aliphatic heterocycles. The second-order valence-electron chi connectivity index (χ2n) is 5.69. The van der Waals surface area contributed by atoms with E-state index >= 15 is 0 Å². The number of aryl methyl sites for hydroxylation is 1. The van der Waals surface area contributed by atoms with E-state index in [-0.39, 0.29) is 24.0 Å². The highest BCUT2D eigenvalue weighted by molar-refractivity contribution is 14.0. The van der Waals surface area contributed by atoms with Crippen LogP contribution in [-0.2, 0) is 13.0 Å². The molecule has 0 fully saturated rings. The Bertz CT molecular complexity index is 638. The van der Waals surface area contributed by atoms with Crippen LogP contribution in [0.1, 0.15) is 16.9 Å². The third-order valence-corrected chi connectivity index (χ3v) is 3.76. The molecule has 0 radical (unpaired) electrons. The summed E-state index contributed by atoms with van der Waals surface area (Å²) in [7, 11) is 5.89. The molecule has 2 N–H and O–H groups in total. The van der Waals surface area contributed by atoms with Crippen molar-refractivity contribution in [2.24, 2.45) is 4.99 Å². The Hall–Kier alpha value is -1.70. The van der Waals surface area contributed by atoms with Gasteiger partial charge in [0.15, 0.2) is 5.96 Å². The topological polar surface area (TPSA) is 52.8 Å². The van der Waals surface area contributed by atoms with Crippen molar-refractivity contribution in [2.45, 2.75) is 19.9 Å². The number of hydrogen-bond donors (Lipinski definition) is 2. The van der Waals surface area contributed by atoms with Crippen LogP contribution in [0, 0.1) is 6.92 Å². The number of rotatable bonds is 6. The smallest absolute Gasteiger partial charge is 0.191 e. The van der Waals surface area contributed by atoms with Gasteiger partial charge in [-0.2, -0.15) is 0 Å². The predicted octanol–water partition coefficient (Wildman–Crippen LogP) is 3.18. The lowest BCUT2D eigenvalue weighted by Gasteiger charge is -2.16. The highest BCUT2D eigenvalue weighted by Crippen LogP contribution is 2.17. The van der Waals surface area contributed by atoms with E-state index in [1.807, 2.05) is 12.1 Å². The summed E-state index contributed by atoms with van der Waals surface area (Å²) in [5.74, 6) is 1.77. The number of furan rings is 1. The van der Waals surface area contributed by atoms with Crippen LogP contribution in [0.5, 0.6) is 0 Å². The highest BCUT2D eigenvalue weighted by Gasteiger charge is 2.04. The number of aliphatic imine (C=N–C) groups is 1. The molecule has 2 aromatic rings. The zero-order chi connectivity index (χ0) is 16.7. The third-order valence-electron chi connectivity index (χ3n) is 3.76. The quantitative estimate of drug-likeness (QED) is 0.410. The molecule has 1 aromatic carbocycles. The summed E-state index contributed by atoms with van der Waals surface area (Å²) >= 11 is 0. The number of hydrogen-bond acceptors (Lipinski definition) is 3. The third kappa shape index (κ3) is 6.07. The van der Waals surface area contributed by atoms with Gasteiger partial charge in [-0.05, 0) is 42.3 Å². The van der Waals surface area contributed by atoms with Crippen molar-refractivity contribution in [1.29, 1.82) is 0 Å². The molecular weight excluding hydrogens is 415 g/mol. The maximum Gasteiger partial charge on any atom is 0.191 e. The van der Waals surface area contributed by atoms with Crippen molar-refractivity contribution in [1.82, 2.24) is 10.6 Å². The first kappa shape index (κ1) is 20.3. The van der Waals surface area contributed by atoms with Crippen LogP contribution in [0.15, 0.2) is 46.0 Å². The van der Waals surface area contributed by atoms with Crippen molar-refractivity contribution in [3.63, 3.8) is 0 Å². The summed E-state index contributed by atoms with van der Waals surface area (Å²) < 4.78 is 5.32. The van der Waals surface area contributed by atoms with Crippen LogP contribution in [0.25, 0.3) is 0 Å². The summed E-state index contributed by atoms with van der Waals surface area (Å²) in [5, 5.41) is 6.65. The molecular formula is C18H27IN4O. The Kier molecular flexibility index (Phi) is 8.67. The maximum atomic E-state index is 5.32. The minimum atomic E-state index is 0. The summed E-state index contributed by atoms with van der Waals surface area (Å²) in [6.07, 6.45) is 2.53. The van der Waals surface area contributed by atoms with E-state index in [9.17, 15) is 0 Å². The zero-order valence-electron chi connectivity index (χ0n) is 14.8. The van der Waals surface area contributed by atoms with Gasteiger partial charge in [0, 0.05) is 46.3 Å². The maximum absolute atomic E-state index is 5.32. The molecule has 0 aliphatic carbocycles. The van der Waals surface area contributed by atoms with E-state index in [1.54, 1.807) is 13.3 Å². The van der Waals surface area contributed by atoms with Gasteiger partial charge in [-0.15, -0.1) is 24.0 Å². The van der Waals surface area contributed by atoms with E-state index in [0.29, 0.717) is 0 Å². The summed E-state index contributed by atoms with van der Waals surface area (Å²) in [6.45, 7) is 3.67. The van der Waals surface area contributed by atoms with Gasteiger partial charge in [0.2, 0.25) is 0 Å². The minimum Gasteiger partial charge on any atom is -0.469 e. The van der Waals surface area contributed by atoms with Gasteiger partial charge in [-0.25, -0.2) is 0 Å². The van der Waals surface area contributed by atoms with Gasteiger partial charge in [-0.1, -0.05) is 6.07 Å². The molecule has 1 heterocycles. The van der Waals surface area contributed by atoms with E-state index in [0.717, 1.165) is 31.2 Å². The Morgan fingerprint density at radius 2 is 2.00 bits per heavy atom. The van der Waals surface area contributed by atoms with Crippen molar-refractivity contribution < 1.29 is 4.42 Å². The second-order valence-corrected chi connectivity index (χ2v) is 5.69. The lowest BCUT2D eigenvalue weighted by Crippen LogP contribution is -2.38. The molecule has 24 heavy (non-hydrogen) atoms. The van der Waals surface area contributed by atoms with Crippen molar-refractivity contribution >= 4 is 35.6 Å². The van der Waals surface area contributed by atoms with Gasteiger partial charge in [-0.3, -0.25) is 4.99 Å². The average molecular weight is 442 g/mol. The molecule has 2 rings (SSSR count). The van der Waals surface area contributed by atoms with Gasteiger partial charge in [0.05, 0.1) is 6.26 Å². The molecule has 0 saturated carbocycles. The van der Waals surface area contributed by atoms with Crippen molar-refractivity contribution in [2.75, 3.05) is 32.6 Å². The molecule has 6 heteroatoms. The highest BCUT2D eigenvalue weighted by atomic mass is 127. The summed E-state index contributed by atoms with van der Waals surface area (Å²) in [5.41, 5.74) is 3.76. The zero-order valence-corrected chi connectivity index (χ0v) is 17.1. The van der Waals surface area contributed by atoms with Crippen LogP contribution in [0.4, 0.5) is 5.69 Å². The number of nitrogens with zero attached hydrogens (tertiary/aromatic N) is 2. The van der Waals surface area contributed by atoms with Crippen LogP contribution in [0.2, 0.25) is 0 Å². The second kappa shape index (κ2) is 10.2. The molecule has 0 saturated heterocycles. The van der Waals surface area contributed by atoms with Crippen LogP contribution in [0.3, 0.4) is 0 Å². The fourth-order valence-corrected chi connectivity index (χ4v) is 2.32. The monoisotopic (exact) mass is 442 g/mol. The molecule has 0 atom stereocenters. The first-order valence-electron chi connectivity index (χ1n) is 7.84. The van der Waals surface area contributed by atoms with Gasteiger partial charge < -0.3 is 20.0 Å². The largest absolute Gasteiger partial charge is 0.469 e. The van der Waals surface area contributed by atoms with E-state index in [2.05, 4.69) is 59.7 Å². The molecule has 0 amide bonds. The van der Waals surface area contributed by atoms with Gasteiger partial charge in [0.1, 0.15) is 5.76 Å². The molecule has 0 unspecified atom stereocenters. The molecule has 0 spiro atoms. The molecule has 0 aliphatic rings. The predicted molar refractivity (Wildman–Crippen MR) is 112 cm³/mol. The first-order chi connectivity index (χ1) is 11.1. The van der Waals surface area contributed by atoms with Crippen molar-refractivity contribution in [3.05, 3.63) is 53.5 Å². The average Bonchev–Trinajstić information content (AvgIpc) is 3.04.